The Hall–Kier alpha value is -2.18. The summed E-state index contributed by atoms with van der Waals surface area (Å²) < 4.78 is 1.25. The maximum Gasteiger partial charge on any atom is 0.267 e. The molecule has 1 atom stereocenters. The zero-order chi connectivity index (χ0) is 16.2. The Morgan fingerprint density at radius 1 is 1.25 bits per heavy atom. The maximum atomic E-state index is 12.4. The molecule has 2 heterocycles. The summed E-state index contributed by atoms with van der Waals surface area (Å²) in [4.78, 5) is 26.2. The van der Waals surface area contributed by atoms with Gasteiger partial charge in [-0.05, 0) is 13.0 Å². The summed E-state index contributed by atoms with van der Waals surface area (Å²) in [7, 11) is 0. The third-order valence-electron chi connectivity index (χ3n) is 3.94. The molecule has 1 amide bonds. The largest absolute Gasteiger partial charge is 0.338 e. The van der Waals surface area contributed by atoms with E-state index in [1.54, 1.807) is 11.0 Å². The summed E-state index contributed by atoms with van der Waals surface area (Å²) in [6, 6.07) is 13.0. The third-order valence-corrected chi connectivity index (χ3v) is 3.94. The van der Waals surface area contributed by atoms with Crippen molar-refractivity contribution in [2.75, 3.05) is 19.6 Å². The van der Waals surface area contributed by atoms with E-state index in [9.17, 15) is 9.59 Å². The monoisotopic (exact) mass is 348 g/mol. The van der Waals surface area contributed by atoms with Crippen molar-refractivity contribution in [3.05, 3.63) is 52.8 Å². The fourth-order valence-electron chi connectivity index (χ4n) is 2.71. The second-order valence-corrected chi connectivity index (χ2v) is 5.78. The number of aromatic nitrogens is 2. The molecule has 1 saturated heterocycles. The molecule has 1 aliphatic rings. The highest BCUT2D eigenvalue weighted by molar-refractivity contribution is 5.85. The number of piperazine rings is 1. The highest BCUT2D eigenvalue weighted by Gasteiger charge is 2.21. The lowest BCUT2D eigenvalue weighted by molar-refractivity contribution is -0.133. The summed E-state index contributed by atoms with van der Waals surface area (Å²) in [6.45, 7) is 4.12. The van der Waals surface area contributed by atoms with Crippen molar-refractivity contribution in [2.45, 2.75) is 19.5 Å². The van der Waals surface area contributed by atoms with Gasteiger partial charge in [0, 0.05) is 37.3 Å². The van der Waals surface area contributed by atoms with Gasteiger partial charge < -0.3 is 10.2 Å². The molecule has 0 spiro atoms. The molecule has 0 saturated carbocycles. The number of nitrogens with one attached hydrogen (secondary N) is 1. The van der Waals surface area contributed by atoms with Crippen molar-refractivity contribution in [3.8, 4) is 11.3 Å². The van der Waals surface area contributed by atoms with Crippen molar-refractivity contribution in [1.82, 2.24) is 20.0 Å². The van der Waals surface area contributed by atoms with Crippen molar-refractivity contribution < 1.29 is 4.79 Å². The predicted molar refractivity (Wildman–Crippen MR) is 95.2 cm³/mol. The topological polar surface area (TPSA) is 67.2 Å². The van der Waals surface area contributed by atoms with E-state index in [1.165, 1.54) is 10.7 Å². The second kappa shape index (κ2) is 8.08. The van der Waals surface area contributed by atoms with Gasteiger partial charge in [-0.1, -0.05) is 30.3 Å². The second-order valence-electron chi connectivity index (χ2n) is 5.78. The molecule has 7 heteroatoms. The molecular formula is C17H21ClN4O2. The summed E-state index contributed by atoms with van der Waals surface area (Å²) in [6.07, 6.45) is 0. The first-order valence-corrected chi connectivity index (χ1v) is 7.78. The van der Waals surface area contributed by atoms with Gasteiger partial charge in [0.2, 0.25) is 5.91 Å². The van der Waals surface area contributed by atoms with Crippen LogP contribution in [0.5, 0.6) is 0 Å². The van der Waals surface area contributed by atoms with Crippen LogP contribution >= 0.6 is 12.4 Å². The number of hydrogen-bond donors (Lipinski definition) is 1. The van der Waals surface area contributed by atoms with Gasteiger partial charge >= 0.3 is 0 Å². The summed E-state index contributed by atoms with van der Waals surface area (Å²) in [5.74, 6) is -0.0711. The van der Waals surface area contributed by atoms with Crippen LogP contribution in [0.2, 0.25) is 0 Å². The highest BCUT2D eigenvalue weighted by atomic mass is 35.5. The molecule has 1 aromatic carbocycles. The van der Waals surface area contributed by atoms with Crippen LogP contribution in [0.4, 0.5) is 0 Å². The maximum absolute atomic E-state index is 12.4. The molecule has 1 aliphatic heterocycles. The average Bonchev–Trinajstić information content (AvgIpc) is 2.57. The van der Waals surface area contributed by atoms with E-state index in [2.05, 4.69) is 10.4 Å². The summed E-state index contributed by atoms with van der Waals surface area (Å²) in [5, 5.41) is 7.63. The number of carbonyl (C=O) groups excluding carboxylic acids is 1. The van der Waals surface area contributed by atoms with Gasteiger partial charge in [-0.2, -0.15) is 5.10 Å². The molecule has 1 unspecified atom stereocenters. The van der Waals surface area contributed by atoms with Crippen LogP contribution < -0.4 is 10.9 Å². The molecular weight excluding hydrogens is 328 g/mol. The summed E-state index contributed by atoms with van der Waals surface area (Å²) >= 11 is 0. The van der Waals surface area contributed by atoms with E-state index in [-0.39, 0.29) is 36.5 Å². The van der Waals surface area contributed by atoms with Crippen LogP contribution in [-0.4, -0.2) is 46.3 Å². The van der Waals surface area contributed by atoms with E-state index in [0.717, 1.165) is 12.1 Å². The van der Waals surface area contributed by atoms with Crippen molar-refractivity contribution in [1.29, 1.82) is 0 Å². The lowest BCUT2D eigenvalue weighted by Crippen LogP contribution is -2.52. The quantitative estimate of drug-likeness (QED) is 0.903. The molecule has 1 N–H and O–H groups in total. The zero-order valence-corrected chi connectivity index (χ0v) is 14.3. The molecule has 24 heavy (non-hydrogen) atoms. The average molecular weight is 349 g/mol. The molecule has 128 valence electrons. The standard InChI is InChI=1S/C17H20N4O2.ClH/c1-13-11-20(10-9-18-13)17(23)12-21-16(22)8-7-15(19-21)14-5-3-2-4-6-14;/h2-8,13,18H,9-12H2,1H3;1H. The number of rotatable bonds is 3. The Bertz CT molecular complexity index is 748. The van der Waals surface area contributed by atoms with Gasteiger partial charge in [-0.25, -0.2) is 4.68 Å². The SMILES string of the molecule is CC1CN(C(=O)Cn2nc(-c3ccccc3)ccc2=O)CCN1.Cl. The lowest BCUT2D eigenvalue weighted by atomic mass is 10.1. The van der Waals surface area contributed by atoms with E-state index in [1.807, 2.05) is 37.3 Å². The Morgan fingerprint density at radius 3 is 2.71 bits per heavy atom. The number of benzene rings is 1. The van der Waals surface area contributed by atoms with E-state index in [0.29, 0.717) is 18.8 Å². The Morgan fingerprint density at radius 2 is 2.00 bits per heavy atom. The van der Waals surface area contributed by atoms with Crippen LogP contribution in [0, 0.1) is 0 Å². The van der Waals surface area contributed by atoms with E-state index >= 15 is 0 Å². The molecule has 1 aromatic heterocycles. The Labute approximate surface area is 146 Å². The van der Waals surface area contributed by atoms with Crippen molar-refractivity contribution in [2.24, 2.45) is 0 Å². The summed E-state index contributed by atoms with van der Waals surface area (Å²) in [5.41, 5.74) is 1.34. The molecule has 6 nitrogen and oxygen atoms in total. The fraction of sp³-hybridized carbons (Fsp3) is 0.353. The first kappa shape index (κ1) is 18.2. The molecule has 1 fully saturated rings. The number of amides is 1. The smallest absolute Gasteiger partial charge is 0.267 e. The number of hydrogen-bond acceptors (Lipinski definition) is 4. The van der Waals surface area contributed by atoms with E-state index in [4.69, 9.17) is 0 Å². The minimum atomic E-state index is -0.263. The van der Waals surface area contributed by atoms with Crippen LogP contribution in [0.3, 0.4) is 0 Å². The van der Waals surface area contributed by atoms with Gasteiger partial charge in [-0.15, -0.1) is 12.4 Å². The molecule has 0 bridgehead atoms. The molecule has 0 aliphatic carbocycles. The predicted octanol–water partition coefficient (Wildman–Crippen LogP) is 1.15. The third kappa shape index (κ3) is 4.21. The van der Waals surface area contributed by atoms with Gasteiger partial charge in [0.15, 0.2) is 0 Å². The van der Waals surface area contributed by atoms with Crippen LogP contribution in [0.15, 0.2) is 47.3 Å². The van der Waals surface area contributed by atoms with Crippen LogP contribution in [0.25, 0.3) is 11.3 Å². The minimum Gasteiger partial charge on any atom is -0.338 e. The number of nitrogens with zero attached hydrogens (tertiary/aromatic N) is 3. The van der Waals surface area contributed by atoms with Crippen LogP contribution in [0.1, 0.15) is 6.92 Å². The molecule has 2 aromatic rings. The van der Waals surface area contributed by atoms with Crippen molar-refractivity contribution in [3.63, 3.8) is 0 Å². The fourth-order valence-corrected chi connectivity index (χ4v) is 2.71. The van der Waals surface area contributed by atoms with E-state index < -0.39 is 0 Å². The normalized spacial score (nSPS) is 17.2. The Kier molecular flexibility index (Phi) is 6.11. The molecule has 0 radical (unpaired) electrons. The first-order valence-electron chi connectivity index (χ1n) is 7.78. The van der Waals surface area contributed by atoms with Crippen molar-refractivity contribution >= 4 is 18.3 Å². The number of halogens is 1. The molecule has 3 rings (SSSR count). The highest BCUT2D eigenvalue weighted by Crippen LogP contribution is 2.14. The van der Waals surface area contributed by atoms with Gasteiger partial charge in [-0.3, -0.25) is 9.59 Å². The number of carbonyl (C=O) groups is 1. The van der Waals surface area contributed by atoms with Crippen LogP contribution in [-0.2, 0) is 11.3 Å². The lowest BCUT2D eigenvalue weighted by Gasteiger charge is -2.31. The Balaban J connectivity index is 0.00000208. The van der Waals surface area contributed by atoms with Gasteiger partial charge in [0.05, 0.1) is 5.69 Å². The zero-order valence-electron chi connectivity index (χ0n) is 13.5. The van der Waals surface area contributed by atoms with Gasteiger partial charge in [0.25, 0.3) is 5.56 Å². The first-order chi connectivity index (χ1) is 11.1. The van der Waals surface area contributed by atoms with Gasteiger partial charge in [0.1, 0.15) is 6.54 Å². The minimum absolute atomic E-state index is 0.